The molecule has 0 aliphatic heterocycles. The van der Waals surface area contributed by atoms with Gasteiger partial charge in [0.15, 0.2) is 5.65 Å². The minimum absolute atomic E-state index is 0.114. The largest absolute Gasteiger partial charge is 0.495 e. The molecular formula is C20H16FN5O3. The van der Waals surface area contributed by atoms with E-state index in [9.17, 15) is 14.0 Å². The summed E-state index contributed by atoms with van der Waals surface area (Å²) in [6.45, 7) is 0.355. The zero-order valence-corrected chi connectivity index (χ0v) is 15.3. The zero-order chi connectivity index (χ0) is 20.4. The Morgan fingerprint density at radius 2 is 1.90 bits per heavy atom. The number of methoxy groups -OCH3 is 1. The molecule has 0 aliphatic rings. The van der Waals surface area contributed by atoms with E-state index >= 15 is 0 Å². The Labute approximate surface area is 163 Å². The molecular weight excluding hydrogens is 377 g/mol. The van der Waals surface area contributed by atoms with Gasteiger partial charge in [0, 0.05) is 12.7 Å². The summed E-state index contributed by atoms with van der Waals surface area (Å²) in [7, 11) is 1.46. The van der Waals surface area contributed by atoms with Crippen molar-refractivity contribution >= 4 is 17.0 Å². The monoisotopic (exact) mass is 393 g/mol. The minimum atomic E-state index is -0.643. The lowest BCUT2D eigenvalue weighted by molar-refractivity contribution is 0.412. The fourth-order valence-electron chi connectivity index (χ4n) is 2.91. The first-order chi connectivity index (χ1) is 14.1. The van der Waals surface area contributed by atoms with Crippen LogP contribution in [0.25, 0.3) is 16.7 Å². The van der Waals surface area contributed by atoms with E-state index in [1.807, 2.05) is 0 Å². The fraction of sp³-hybridized carbons (Fsp3) is 0.100. The Hall–Kier alpha value is -4.01. The number of nitrogens with zero attached hydrogens (tertiary/aromatic N) is 3. The van der Waals surface area contributed by atoms with Crippen LogP contribution in [0.5, 0.6) is 5.75 Å². The third-order valence-electron chi connectivity index (χ3n) is 4.34. The molecule has 0 radical (unpaired) electrons. The lowest BCUT2D eigenvalue weighted by atomic mass is 10.2. The molecule has 2 aromatic heterocycles. The molecule has 4 rings (SSSR count). The maximum absolute atomic E-state index is 13.0. The Morgan fingerprint density at radius 1 is 1.14 bits per heavy atom. The topological polar surface area (TPSA) is 102 Å². The van der Waals surface area contributed by atoms with E-state index in [0.29, 0.717) is 18.0 Å². The number of anilines is 1. The molecule has 2 heterocycles. The van der Waals surface area contributed by atoms with Crippen LogP contribution in [0.15, 0.2) is 64.3 Å². The van der Waals surface area contributed by atoms with Gasteiger partial charge < -0.3 is 10.1 Å². The van der Waals surface area contributed by atoms with Gasteiger partial charge in [0.1, 0.15) is 17.0 Å². The number of H-pyrrole nitrogens is 1. The Bertz CT molecular complexity index is 1300. The van der Waals surface area contributed by atoms with Crippen molar-refractivity contribution in [3.05, 3.63) is 86.9 Å². The molecule has 0 fully saturated rings. The second-order valence-electron chi connectivity index (χ2n) is 6.18. The highest BCUT2D eigenvalue weighted by Crippen LogP contribution is 2.19. The van der Waals surface area contributed by atoms with E-state index < -0.39 is 11.2 Å². The number of aromatic amines is 1. The van der Waals surface area contributed by atoms with Crippen molar-refractivity contribution in [1.29, 1.82) is 0 Å². The predicted octanol–water partition coefficient (Wildman–Crippen LogP) is 2.23. The number of aromatic nitrogens is 4. The van der Waals surface area contributed by atoms with E-state index in [1.165, 1.54) is 25.4 Å². The molecule has 146 valence electrons. The second-order valence-corrected chi connectivity index (χ2v) is 6.18. The van der Waals surface area contributed by atoms with Crippen molar-refractivity contribution in [2.24, 2.45) is 0 Å². The normalized spacial score (nSPS) is 10.8. The second kappa shape index (κ2) is 7.55. The number of halogens is 1. The summed E-state index contributed by atoms with van der Waals surface area (Å²) >= 11 is 0. The summed E-state index contributed by atoms with van der Waals surface area (Å²) in [6.07, 6.45) is 1.35. The standard InChI is InChI=1S/C20H16FN5O3/c1-29-16-5-3-2-4-15(16)26-18(27)14-11-23-19(24-17(14)25-20(26)28)22-10-12-6-8-13(21)9-7-12/h2-9,11H,10H2,1H3,(H2,22,23,24,25,28). The van der Waals surface area contributed by atoms with E-state index in [4.69, 9.17) is 4.74 Å². The SMILES string of the molecule is COc1ccccc1-n1c(=O)[nH]c2nc(NCc3ccc(F)cc3)ncc2c1=O. The van der Waals surface area contributed by atoms with Gasteiger partial charge in [-0.3, -0.25) is 9.78 Å². The van der Waals surface area contributed by atoms with Gasteiger partial charge in [0.2, 0.25) is 5.95 Å². The van der Waals surface area contributed by atoms with E-state index in [1.54, 1.807) is 36.4 Å². The molecule has 0 amide bonds. The van der Waals surface area contributed by atoms with Crippen molar-refractivity contribution in [1.82, 2.24) is 19.5 Å². The number of fused-ring (bicyclic) bond motifs is 1. The Kier molecular flexibility index (Phi) is 4.78. The molecule has 2 aromatic carbocycles. The first-order valence-corrected chi connectivity index (χ1v) is 8.70. The smallest absolute Gasteiger partial charge is 0.334 e. The summed E-state index contributed by atoms with van der Waals surface area (Å²) in [5.74, 6) is 0.296. The average molecular weight is 393 g/mol. The molecule has 9 heteroatoms. The Morgan fingerprint density at radius 3 is 2.66 bits per heavy atom. The number of para-hydroxylation sites is 2. The predicted molar refractivity (Wildman–Crippen MR) is 106 cm³/mol. The molecule has 0 spiro atoms. The van der Waals surface area contributed by atoms with Crippen LogP contribution in [0.3, 0.4) is 0 Å². The van der Waals surface area contributed by atoms with Crippen LogP contribution in [-0.4, -0.2) is 26.6 Å². The van der Waals surface area contributed by atoms with Crippen LogP contribution in [0.2, 0.25) is 0 Å². The number of hydrogen-bond donors (Lipinski definition) is 2. The molecule has 29 heavy (non-hydrogen) atoms. The van der Waals surface area contributed by atoms with Crippen molar-refractivity contribution in [3.8, 4) is 11.4 Å². The van der Waals surface area contributed by atoms with Crippen molar-refractivity contribution in [3.63, 3.8) is 0 Å². The van der Waals surface area contributed by atoms with Gasteiger partial charge in [-0.25, -0.2) is 18.7 Å². The lowest BCUT2D eigenvalue weighted by Gasteiger charge is -2.11. The lowest BCUT2D eigenvalue weighted by Crippen LogP contribution is -2.34. The first-order valence-electron chi connectivity index (χ1n) is 8.70. The molecule has 8 nitrogen and oxygen atoms in total. The van der Waals surface area contributed by atoms with Gasteiger partial charge in [-0.1, -0.05) is 24.3 Å². The first kappa shape index (κ1) is 18.4. The molecule has 2 N–H and O–H groups in total. The maximum Gasteiger partial charge on any atom is 0.334 e. The van der Waals surface area contributed by atoms with Crippen molar-refractivity contribution in [2.45, 2.75) is 6.54 Å². The highest BCUT2D eigenvalue weighted by atomic mass is 19.1. The quantitative estimate of drug-likeness (QED) is 0.539. The summed E-state index contributed by atoms with van der Waals surface area (Å²) < 4.78 is 19.2. The number of rotatable bonds is 5. The number of ether oxygens (including phenoxy) is 1. The zero-order valence-electron chi connectivity index (χ0n) is 15.3. The van der Waals surface area contributed by atoms with Crippen LogP contribution in [0.4, 0.5) is 10.3 Å². The van der Waals surface area contributed by atoms with Crippen LogP contribution < -0.4 is 21.3 Å². The molecule has 4 aromatic rings. The van der Waals surface area contributed by atoms with E-state index in [-0.39, 0.29) is 22.8 Å². The summed E-state index contributed by atoms with van der Waals surface area (Å²) in [6, 6.07) is 12.7. The van der Waals surface area contributed by atoms with Gasteiger partial charge in [0.25, 0.3) is 5.56 Å². The van der Waals surface area contributed by atoms with E-state index in [0.717, 1.165) is 10.1 Å². The molecule has 0 aliphatic carbocycles. The maximum atomic E-state index is 13.0. The van der Waals surface area contributed by atoms with Crippen LogP contribution in [0, 0.1) is 5.82 Å². The average Bonchev–Trinajstić information content (AvgIpc) is 2.73. The Balaban J connectivity index is 1.71. The summed E-state index contributed by atoms with van der Waals surface area (Å²) in [5, 5.41) is 3.14. The molecule has 0 unspecified atom stereocenters. The van der Waals surface area contributed by atoms with Gasteiger partial charge >= 0.3 is 5.69 Å². The van der Waals surface area contributed by atoms with Gasteiger partial charge in [0.05, 0.1) is 12.8 Å². The minimum Gasteiger partial charge on any atom is -0.495 e. The van der Waals surface area contributed by atoms with Crippen molar-refractivity contribution < 1.29 is 9.13 Å². The number of benzene rings is 2. The molecule has 0 bridgehead atoms. The third kappa shape index (κ3) is 3.57. The van der Waals surface area contributed by atoms with Gasteiger partial charge in [-0.15, -0.1) is 0 Å². The summed E-state index contributed by atoms with van der Waals surface area (Å²) in [4.78, 5) is 36.4. The van der Waals surface area contributed by atoms with Gasteiger partial charge in [-0.05, 0) is 29.8 Å². The highest BCUT2D eigenvalue weighted by Gasteiger charge is 2.14. The summed E-state index contributed by atoms with van der Waals surface area (Å²) in [5.41, 5.74) is 0.0631. The molecule has 0 saturated heterocycles. The van der Waals surface area contributed by atoms with Crippen molar-refractivity contribution in [2.75, 3.05) is 12.4 Å². The van der Waals surface area contributed by atoms with Crippen LogP contribution >= 0.6 is 0 Å². The van der Waals surface area contributed by atoms with E-state index in [2.05, 4.69) is 20.3 Å². The molecule has 0 atom stereocenters. The number of nitrogens with one attached hydrogen (secondary N) is 2. The highest BCUT2D eigenvalue weighted by molar-refractivity contribution is 5.73. The third-order valence-corrected chi connectivity index (χ3v) is 4.34. The molecule has 0 saturated carbocycles. The van der Waals surface area contributed by atoms with Gasteiger partial charge in [-0.2, -0.15) is 4.98 Å². The van der Waals surface area contributed by atoms with Crippen LogP contribution in [-0.2, 0) is 6.54 Å². The van der Waals surface area contributed by atoms with Crippen LogP contribution in [0.1, 0.15) is 5.56 Å². The number of hydrogen-bond acceptors (Lipinski definition) is 6. The fourth-order valence-corrected chi connectivity index (χ4v) is 2.91.